The van der Waals surface area contributed by atoms with Gasteiger partial charge in [-0.1, -0.05) is 25.1 Å². The van der Waals surface area contributed by atoms with Crippen LogP contribution in [0.3, 0.4) is 0 Å². The standard InChI is InChI=1S/C14H16FN3OS2/c1-7-8(2)21-11(6-20-7)13-17-14(19-18-13)9-4-3-5-10(15)12(9)16/h3-5,7-8,11H,6,16H2,1-2H3. The largest absolute Gasteiger partial charge is 0.396 e. The molecule has 112 valence electrons. The van der Waals surface area contributed by atoms with Gasteiger partial charge in [-0.2, -0.15) is 16.7 Å². The number of halogens is 1. The molecule has 3 atom stereocenters. The van der Waals surface area contributed by atoms with E-state index in [1.165, 1.54) is 6.07 Å². The zero-order valence-electron chi connectivity index (χ0n) is 11.7. The average Bonchev–Trinajstić information content (AvgIpc) is 2.94. The van der Waals surface area contributed by atoms with E-state index in [1.54, 1.807) is 12.1 Å². The van der Waals surface area contributed by atoms with Crippen molar-refractivity contribution in [3.05, 3.63) is 29.8 Å². The van der Waals surface area contributed by atoms with Gasteiger partial charge in [0.15, 0.2) is 5.82 Å². The van der Waals surface area contributed by atoms with Gasteiger partial charge in [0, 0.05) is 16.3 Å². The van der Waals surface area contributed by atoms with Crippen LogP contribution in [-0.4, -0.2) is 26.4 Å². The van der Waals surface area contributed by atoms with E-state index in [2.05, 4.69) is 24.0 Å². The molecule has 21 heavy (non-hydrogen) atoms. The Hall–Kier alpha value is -1.21. The molecular weight excluding hydrogens is 309 g/mol. The fraction of sp³-hybridized carbons (Fsp3) is 0.429. The first-order chi connectivity index (χ1) is 10.1. The van der Waals surface area contributed by atoms with E-state index >= 15 is 0 Å². The summed E-state index contributed by atoms with van der Waals surface area (Å²) in [6, 6.07) is 4.58. The Labute approximate surface area is 131 Å². The molecule has 1 saturated heterocycles. The summed E-state index contributed by atoms with van der Waals surface area (Å²) in [6.45, 7) is 4.44. The summed E-state index contributed by atoms with van der Waals surface area (Å²) in [7, 11) is 0. The number of nitrogen functional groups attached to an aromatic ring is 1. The molecule has 0 saturated carbocycles. The number of hydrogen-bond acceptors (Lipinski definition) is 6. The summed E-state index contributed by atoms with van der Waals surface area (Å²) >= 11 is 3.76. The SMILES string of the molecule is CC1SCC(c2noc(-c3cccc(F)c3N)n2)SC1C. The maximum absolute atomic E-state index is 13.5. The minimum absolute atomic E-state index is 0.0420. The Kier molecular flexibility index (Phi) is 4.12. The number of nitrogens with zero attached hydrogens (tertiary/aromatic N) is 2. The van der Waals surface area contributed by atoms with Crippen LogP contribution in [0.5, 0.6) is 0 Å². The topological polar surface area (TPSA) is 64.9 Å². The van der Waals surface area contributed by atoms with Crippen LogP contribution in [0.2, 0.25) is 0 Å². The molecule has 0 aliphatic carbocycles. The highest BCUT2D eigenvalue weighted by Gasteiger charge is 2.30. The van der Waals surface area contributed by atoms with Crippen molar-refractivity contribution >= 4 is 29.2 Å². The third-order valence-electron chi connectivity index (χ3n) is 3.56. The van der Waals surface area contributed by atoms with E-state index in [4.69, 9.17) is 10.3 Å². The van der Waals surface area contributed by atoms with Crippen LogP contribution >= 0.6 is 23.5 Å². The van der Waals surface area contributed by atoms with Gasteiger partial charge in [0.25, 0.3) is 5.89 Å². The van der Waals surface area contributed by atoms with Crippen LogP contribution < -0.4 is 5.73 Å². The Morgan fingerprint density at radius 2 is 2.14 bits per heavy atom. The number of benzene rings is 1. The Morgan fingerprint density at radius 1 is 1.33 bits per heavy atom. The lowest BCUT2D eigenvalue weighted by Gasteiger charge is -2.29. The molecule has 1 aromatic heterocycles. The van der Waals surface area contributed by atoms with Crippen molar-refractivity contribution in [1.29, 1.82) is 0 Å². The normalized spacial score (nSPS) is 26.0. The number of anilines is 1. The predicted molar refractivity (Wildman–Crippen MR) is 85.8 cm³/mol. The summed E-state index contributed by atoms with van der Waals surface area (Å²) in [4.78, 5) is 4.41. The van der Waals surface area contributed by atoms with E-state index in [0.29, 0.717) is 21.9 Å². The Morgan fingerprint density at radius 3 is 2.90 bits per heavy atom. The van der Waals surface area contributed by atoms with Gasteiger partial charge in [-0.05, 0) is 12.1 Å². The van der Waals surface area contributed by atoms with Gasteiger partial charge < -0.3 is 10.3 Å². The molecule has 1 aliphatic rings. The molecule has 2 heterocycles. The zero-order chi connectivity index (χ0) is 15.0. The molecule has 0 amide bonds. The van der Waals surface area contributed by atoms with Crippen molar-refractivity contribution in [2.45, 2.75) is 29.6 Å². The summed E-state index contributed by atoms with van der Waals surface area (Å²) in [5.74, 6) is 1.41. The van der Waals surface area contributed by atoms with Crippen molar-refractivity contribution in [2.24, 2.45) is 0 Å². The van der Waals surface area contributed by atoms with E-state index in [0.717, 1.165) is 5.75 Å². The number of para-hydroxylation sites is 1. The lowest BCUT2D eigenvalue weighted by Crippen LogP contribution is -2.22. The summed E-state index contributed by atoms with van der Waals surface area (Å²) < 4.78 is 18.8. The molecule has 1 fully saturated rings. The number of aromatic nitrogens is 2. The first-order valence-corrected chi connectivity index (χ1v) is 8.70. The van der Waals surface area contributed by atoms with Gasteiger partial charge in [0.05, 0.1) is 16.5 Å². The minimum Gasteiger partial charge on any atom is -0.396 e. The molecule has 2 N–H and O–H groups in total. The third kappa shape index (κ3) is 2.89. The van der Waals surface area contributed by atoms with Gasteiger partial charge in [0.2, 0.25) is 0 Å². The molecule has 7 heteroatoms. The summed E-state index contributed by atoms with van der Waals surface area (Å²) in [5, 5.41) is 5.41. The maximum atomic E-state index is 13.5. The highest BCUT2D eigenvalue weighted by molar-refractivity contribution is 8.07. The van der Waals surface area contributed by atoms with Crippen LogP contribution in [0.25, 0.3) is 11.5 Å². The first kappa shape index (κ1) is 14.7. The van der Waals surface area contributed by atoms with Crippen molar-refractivity contribution in [2.75, 3.05) is 11.5 Å². The molecule has 0 radical (unpaired) electrons. The zero-order valence-corrected chi connectivity index (χ0v) is 13.4. The highest BCUT2D eigenvalue weighted by Crippen LogP contribution is 2.43. The molecule has 3 rings (SSSR count). The monoisotopic (exact) mass is 325 g/mol. The van der Waals surface area contributed by atoms with Gasteiger partial charge in [-0.15, -0.1) is 11.8 Å². The van der Waals surface area contributed by atoms with Crippen LogP contribution in [0.1, 0.15) is 24.9 Å². The second-order valence-electron chi connectivity index (χ2n) is 5.03. The van der Waals surface area contributed by atoms with Crippen molar-refractivity contribution < 1.29 is 8.91 Å². The lowest BCUT2D eigenvalue weighted by molar-refractivity contribution is 0.423. The first-order valence-electron chi connectivity index (χ1n) is 6.71. The number of rotatable bonds is 2. The second kappa shape index (κ2) is 5.88. The summed E-state index contributed by atoms with van der Waals surface area (Å²) in [5.41, 5.74) is 6.22. The van der Waals surface area contributed by atoms with Gasteiger partial charge in [0.1, 0.15) is 5.82 Å². The number of thioether (sulfide) groups is 2. The maximum Gasteiger partial charge on any atom is 0.260 e. The Balaban J connectivity index is 1.85. The van der Waals surface area contributed by atoms with E-state index < -0.39 is 5.82 Å². The predicted octanol–water partition coefficient (Wildman–Crippen LogP) is 3.76. The molecule has 4 nitrogen and oxygen atoms in total. The molecule has 1 aromatic carbocycles. The molecule has 2 aromatic rings. The molecule has 0 bridgehead atoms. The van der Waals surface area contributed by atoms with E-state index in [1.807, 2.05) is 23.5 Å². The van der Waals surface area contributed by atoms with Crippen LogP contribution in [-0.2, 0) is 0 Å². The van der Waals surface area contributed by atoms with Crippen molar-refractivity contribution in [1.82, 2.24) is 10.1 Å². The quantitative estimate of drug-likeness (QED) is 0.848. The fourth-order valence-electron chi connectivity index (χ4n) is 2.12. The van der Waals surface area contributed by atoms with Gasteiger partial charge >= 0.3 is 0 Å². The fourth-order valence-corrected chi connectivity index (χ4v) is 4.95. The molecule has 1 aliphatic heterocycles. The van der Waals surface area contributed by atoms with E-state index in [9.17, 15) is 4.39 Å². The Bertz CT molecular complexity index is 649. The minimum atomic E-state index is -0.475. The van der Waals surface area contributed by atoms with Crippen LogP contribution in [0, 0.1) is 5.82 Å². The second-order valence-corrected chi connectivity index (χ2v) is 8.02. The van der Waals surface area contributed by atoms with Crippen LogP contribution in [0.4, 0.5) is 10.1 Å². The third-order valence-corrected chi connectivity index (χ3v) is 6.95. The smallest absolute Gasteiger partial charge is 0.260 e. The lowest BCUT2D eigenvalue weighted by atomic mass is 10.2. The number of hydrogen-bond donors (Lipinski definition) is 1. The van der Waals surface area contributed by atoms with Crippen molar-refractivity contribution in [3.8, 4) is 11.5 Å². The summed E-state index contributed by atoms with van der Waals surface area (Å²) in [6.07, 6.45) is 0. The molecule has 3 unspecified atom stereocenters. The highest BCUT2D eigenvalue weighted by atomic mass is 32.2. The number of nitrogens with two attached hydrogens (primary N) is 1. The van der Waals surface area contributed by atoms with E-state index in [-0.39, 0.29) is 16.8 Å². The molecular formula is C14H16FN3OS2. The molecule has 0 spiro atoms. The van der Waals surface area contributed by atoms with Crippen molar-refractivity contribution in [3.63, 3.8) is 0 Å². The van der Waals surface area contributed by atoms with Crippen LogP contribution in [0.15, 0.2) is 22.7 Å². The van der Waals surface area contributed by atoms with Gasteiger partial charge in [-0.25, -0.2) is 4.39 Å². The van der Waals surface area contributed by atoms with Gasteiger partial charge in [-0.3, -0.25) is 0 Å². The average molecular weight is 325 g/mol.